The Morgan fingerprint density at radius 2 is 1.58 bits per heavy atom. The lowest BCUT2D eigenvalue weighted by atomic mass is 9.94. The maximum absolute atomic E-state index is 12.5. The second kappa shape index (κ2) is 10.1. The number of carbonyl (C=O) groups is 2. The molecule has 0 radical (unpaired) electrons. The predicted molar refractivity (Wildman–Crippen MR) is 139 cm³/mol. The number of benzene rings is 2. The number of amides is 2. The Balaban J connectivity index is 1.59. The fraction of sp³-hybridized carbons (Fsp3) is 0.400. The number of thiocarbonyl (C=S) groups is 1. The van der Waals surface area contributed by atoms with E-state index in [1.807, 2.05) is 69.9 Å². The molecule has 33 heavy (non-hydrogen) atoms. The Morgan fingerprint density at radius 1 is 0.970 bits per heavy atom. The number of aryl methyl sites for hydroxylation is 2. The van der Waals surface area contributed by atoms with Crippen LogP contribution in [0.25, 0.3) is 0 Å². The molecule has 1 fully saturated rings. The minimum absolute atomic E-state index is 0.171. The molecule has 3 rings (SSSR count). The van der Waals surface area contributed by atoms with Crippen LogP contribution in [0.4, 0.5) is 11.4 Å². The molecule has 0 aromatic heterocycles. The van der Waals surface area contributed by atoms with E-state index in [9.17, 15) is 9.59 Å². The number of halogens is 1. The number of carbonyl (C=O) groups excluding carboxylic acids is 2. The molecule has 0 saturated carbocycles. The summed E-state index contributed by atoms with van der Waals surface area (Å²) in [5.74, 6) is -0.0890. The van der Waals surface area contributed by atoms with Crippen molar-refractivity contribution in [2.24, 2.45) is 5.41 Å². The van der Waals surface area contributed by atoms with Crippen molar-refractivity contribution in [2.75, 3.05) is 36.4 Å². The Hall–Kier alpha value is -2.64. The quantitative estimate of drug-likeness (QED) is 0.611. The van der Waals surface area contributed by atoms with E-state index in [1.165, 1.54) is 0 Å². The van der Waals surface area contributed by atoms with Gasteiger partial charge in [-0.15, -0.1) is 0 Å². The molecule has 6 nitrogen and oxygen atoms in total. The van der Waals surface area contributed by atoms with E-state index in [2.05, 4.69) is 15.5 Å². The second-order valence-electron chi connectivity index (χ2n) is 9.48. The summed E-state index contributed by atoms with van der Waals surface area (Å²) in [6, 6.07) is 11.3. The SMILES string of the molecule is Cc1cc(C)cc(C(=O)NC(=S)Nc2ccc(N3CCN(C(=O)C(C)(C)C)CC3)c(Cl)c2)c1. The first-order chi connectivity index (χ1) is 15.4. The Bertz CT molecular complexity index is 1050. The zero-order chi connectivity index (χ0) is 24.3. The summed E-state index contributed by atoms with van der Waals surface area (Å²) in [4.78, 5) is 29.1. The summed E-state index contributed by atoms with van der Waals surface area (Å²) >= 11 is 11.9. The molecule has 2 N–H and O–H groups in total. The van der Waals surface area contributed by atoms with E-state index in [0.29, 0.717) is 29.4 Å². The minimum Gasteiger partial charge on any atom is -0.367 e. The average Bonchev–Trinajstić information content (AvgIpc) is 2.72. The van der Waals surface area contributed by atoms with Gasteiger partial charge in [0.15, 0.2) is 5.11 Å². The molecule has 0 atom stereocenters. The van der Waals surface area contributed by atoms with Crippen LogP contribution >= 0.6 is 23.8 Å². The van der Waals surface area contributed by atoms with Gasteiger partial charge in [-0.05, 0) is 56.4 Å². The van der Waals surface area contributed by atoms with Crippen LogP contribution in [0.2, 0.25) is 5.02 Å². The smallest absolute Gasteiger partial charge is 0.257 e. The van der Waals surface area contributed by atoms with Crippen LogP contribution in [0.1, 0.15) is 42.3 Å². The summed E-state index contributed by atoms with van der Waals surface area (Å²) in [6.45, 7) is 12.5. The molecule has 176 valence electrons. The topological polar surface area (TPSA) is 64.7 Å². The molecule has 1 aliphatic heterocycles. The highest BCUT2D eigenvalue weighted by atomic mass is 35.5. The molecular formula is C25H31ClN4O2S. The van der Waals surface area contributed by atoms with Crippen molar-refractivity contribution in [3.8, 4) is 0 Å². The standard InChI is InChI=1S/C25H31ClN4O2S/c1-16-12-17(2)14-18(13-16)22(31)28-24(33)27-19-6-7-21(20(26)15-19)29-8-10-30(11-9-29)23(32)25(3,4)5/h6-7,12-15H,8-11H2,1-5H3,(H2,27,28,31,33). The van der Waals surface area contributed by atoms with Gasteiger partial charge in [0.05, 0.1) is 10.7 Å². The average molecular weight is 487 g/mol. The van der Waals surface area contributed by atoms with Gasteiger partial charge < -0.3 is 15.1 Å². The first-order valence-corrected chi connectivity index (χ1v) is 11.8. The first kappa shape index (κ1) is 25.0. The van der Waals surface area contributed by atoms with E-state index in [-0.39, 0.29) is 22.3 Å². The molecule has 1 heterocycles. The lowest BCUT2D eigenvalue weighted by molar-refractivity contribution is -0.139. The molecule has 8 heteroatoms. The number of hydrogen-bond donors (Lipinski definition) is 2. The highest BCUT2D eigenvalue weighted by Crippen LogP contribution is 2.30. The molecule has 1 aliphatic rings. The van der Waals surface area contributed by atoms with Gasteiger partial charge in [0, 0.05) is 42.8 Å². The highest BCUT2D eigenvalue weighted by Gasteiger charge is 2.30. The van der Waals surface area contributed by atoms with E-state index in [4.69, 9.17) is 23.8 Å². The van der Waals surface area contributed by atoms with Gasteiger partial charge in [0.2, 0.25) is 5.91 Å². The van der Waals surface area contributed by atoms with Crippen LogP contribution in [0.15, 0.2) is 36.4 Å². The molecule has 0 bridgehead atoms. The van der Waals surface area contributed by atoms with Crippen molar-refractivity contribution in [1.29, 1.82) is 0 Å². The van der Waals surface area contributed by atoms with E-state index >= 15 is 0 Å². The van der Waals surface area contributed by atoms with Crippen molar-refractivity contribution >= 4 is 52.1 Å². The summed E-state index contributed by atoms with van der Waals surface area (Å²) in [7, 11) is 0. The summed E-state index contributed by atoms with van der Waals surface area (Å²) < 4.78 is 0. The molecule has 0 unspecified atom stereocenters. The van der Waals surface area contributed by atoms with Crippen molar-refractivity contribution in [1.82, 2.24) is 10.2 Å². The third kappa shape index (κ3) is 6.45. The normalized spacial score (nSPS) is 14.1. The number of hydrogen-bond acceptors (Lipinski definition) is 4. The van der Waals surface area contributed by atoms with E-state index < -0.39 is 0 Å². The van der Waals surface area contributed by atoms with Gasteiger partial charge in [-0.1, -0.05) is 49.6 Å². The molecule has 0 aliphatic carbocycles. The Kier molecular flexibility index (Phi) is 7.65. The second-order valence-corrected chi connectivity index (χ2v) is 10.3. The Morgan fingerprint density at radius 3 is 2.12 bits per heavy atom. The Labute approximate surface area is 206 Å². The van der Waals surface area contributed by atoms with Crippen molar-refractivity contribution in [2.45, 2.75) is 34.6 Å². The number of anilines is 2. The predicted octanol–water partition coefficient (Wildman–Crippen LogP) is 4.78. The molecule has 2 aromatic carbocycles. The highest BCUT2D eigenvalue weighted by molar-refractivity contribution is 7.80. The van der Waals surface area contributed by atoms with Gasteiger partial charge in [0.25, 0.3) is 5.91 Å². The maximum atomic E-state index is 12.5. The van der Waals surface area contributed by atoms with Crippen LogP contribution in [-0.2, 0) is 4.79 Å². The van der Waals surface area contributed by atoms with Crippen LogP contribution in [-0.4, -0.2) is 48.0 Å². The van der Waals surface area contributed by atoms with Gasteiger partial charge in [-0.25, -0.2) is 0 Å². The maximum Gasteiger partial charge on any atom is 0.257 e. The third-order valence-electron chi connectivity index (χ3n) is 5.47. The summed E-state index contributed by atoms with van der Waals surface area (Å²) in [5, 5.41) is 6.53. The molecule has 2 aromatic rings. The van der Waals surface area contributed by atoms with Gasteiger partial charge in [-0.2, -0.15) is 0 Å². The summed E-state index contributed by atoms with van der Waals surface area (Å²) in [6.07, 6.45) is 0. The van der Waals surface area contributed by atoms with E-state index in [0.717, 1.165) is 29.9 Å². The first-order valence-electron chi connectivity index (χ1n) is 11.0. The molecule has 2 amide bonds. The third-order valence-corrected chi connectivity index (χ3v) is 5.97. The fourth-order valence-corrected chi connectivity index (χ4v) is 4.42. The largest absolute Gasteiger partial charge is 0.367 e. The zero-order valence-electron chi connectivity index (χ0n) is 19.8. The van der Waals surface area contributed by atoms with Crippen LogP contribution in [0, 0.1) is 19.3 Å². The van der Waals surface area contributed by atoms with Gasteiger partial charge in [-0.3, -0.25) is 14.9 Å². The fourth-order valence-electron chi connectivity index (χ4n) is 3.91. The zero-order valence-corrected chi connectivity index (χ0v) is 21.4. The molecule has 0 spiro atoms. The van der Waals surface area contributed by atoms with Crippen molar-refractivity contribution in [3.63, 3.8) is 0 Å². The number of nitrogens with zero attached hydrogens (tertiary/aromatic N) is 2. The van der Waals surface area contributed by atoms with Gasteiger partial charge in [0.1, 0.15) is 0 Å². The van der Waals surface area contributed by atoms with Crippen molar-refractivity contribution in [3.05, 3.63) is 58.1 Å². The van der Waals surface area contributed by atoms with Crippen molar-refractivity contribution < 1.29 is 9.59 Å². The number of rotatable bonds is 3. The van der Waals surface area contributed by atoms with Crippen LogP contribution in [0.3, 0.4) is 0 Å². The van der Waals surface area contributed by atoms with Gasteiger partial charge >= 0.3 is 0 Å². The lowest BCUT2D eigenvalue weighted by Crippen LogP contribution is -2.51. The molecule has 1 saturated heterocycles. The molecular weight excluding hydrogens is 456 g/mol. The monoisotopic (exact) mass is 486 g/mol. The van der Waals surface area contributed by atoms with Crippen LogP contribution in [0.5, 0.6) is 0 Å². The summed E-state index contributed by atoms with van der Waals surface area (Å²) in [5.41, 5.74) is 3.83. The number of nitrogens with one attached hydrogen (secondary N) is 2. The van der Waals surface area contributed by atoms with E-state index in [1.54, 1.807) is 6.07 Å². The number of piperazine rings is 1. The lowest BCUT2D eigenvalue weighted by Gasteiger charge is -2.39. The minimum atomic E-state index is -0.376. The van der Waals surface area contributed by atoms with Crippen LogP contribution < -0.4 is 15.5 Å².